The molecule has 0 aliphatic carbocycles. The van der Waals surface area contributed by atoms with Crippen molar-refractivity contribution >= 4 is 116 Å². The normalized spacial score (nSPS) is 7.97. The summed E-state index contributed by atoms with van der Waals surface area (Å²) in [6.07, 6.45) is 0. The van der Waals surface area contributed by atoms with Gasteiger partial charge >= 0.3 is 0 Å². The van der Waals surface area contributed by atoms with Gasteiger partial charge in [0.15, 0.2) is 0 Å². The molecule has 3 radical (unpaired) electrons. The molecule has 0 heterocycles. The molecule has 0 fully saturated rings. The number of rotatable bonds is 3. The summed E-state index contributed by atoms with van der Waals surface area (Å²) in [7, 11) is 0. The fraction of sp³-hybridized carbons (Fsp3) is 0.143. The third-order valence-electron chi connectivity index (χ3n) is 3.88. The largest absolute Gasteiger partial charge is 0.311 e. The fourth-order valence-corrected chi connectivity index (χ4v) is 2.53. The molecule has 3 aromatic carbocycles. The second-order valence-corrected chi connectivity index (χ2v) is 5.84. The van der Waals surface area contributed by atoms with Crippen molar-refractivity contribution in [3.05, 3.63) is 89.5 Å². The smallest absolute Gasteiger partial charge is 0.0461 e. The molecule has 0 unspecified atom stereocenters. The summed E-state index contributed by atoms with van der Waals surface area (Å²) in [5.74, 6) is 0. The summed E-state index contributed by atoms with van der Waals surface area (Å²) < 4.78 is 0. The Morgan fingerprint density at radius 1 is 0.379 bits per heavy atom. The van der Waals surface area contributed by atoms with Crippen LogP contribution in [-0.2, 0) is 0 Å². The Bertz CT molecular complexity index is 657. The predicted molar refractivity (Wildman–Crippen MR) is 145 cm³/mol. The summed E-state index contributed by atoms with van der Waals surface area (Å²) in [5.41, 5.74) is 7.36. The van der Waals surface area contributed by atoms with E-state index in [1.54, 1.807) is 0 Å². The number of anilines is 3. The van der Waals surface area contributed by atoms with Gasteiger partial charge in [-0.1, -0.05) is 53.1 Å². The van der Waals surface area contributed by atoms with Gasteiger partial charge in [-0.2, -0.15) is 0 Å². The number of nitrogens with zero attached hydrogens (tertiary/aromatic N) is 1. The van der Waals surface area contributed by atoms with Crippen LogP contribution in [0, 0.1) is 20.8 Å². The Labute approximate surface area is 229 Å². The molecule has 0 atom stereocenters. The molecule has 0 saturated heterocycles. The van der Waals surface area contributed by atoms with Gasteiger partial charge in [-0.15, -0.1) is 74.4 Å². The zero-order valence-electron chi connectivity index (χ0n) is 16.3. The first-order chi connectivity index (χ1) is 10.6. The van der Waals surface area contributed by atoms with Crippen molar-refractivity contribution in [2.75, 3.05) is 4.90 Å². The van der Waals surface area contributed by atoms with E-state index in [1.165, 1.54) is 33.8 Å². The Balaban J connectivity index is -0.000000274. The van der Waals surface area contributed by atoms with E-state index in [0.717, 1.165) is 0 Å². The minimum absolute atomic E-state index is 0. The molecule has 0 spiro atoms. The van der Waals surface area contributed by atoms with Crippen molar-refractivity contribution < 1.29 is 0 Å². The van der Waals surface area contributed by atoms with Crippen LogP contribution in [0.4, 0.5) is 17.1 Å². The van der Waals surface area contributed by atoms with Crippen LogP contribution in [0.25, 0.3) is 0 Å². The molecule has 0 amide bonds. The van der Waals surface area contributed by atoms with Gasteiger partial charge in [0, 0.05) is 41.5 Å². The van der Waals surface area contributed by atoms with Crippen LogP contribution in [-0.4, -0.2) is 24.4 Å². The average Bonchev–Trinajstić information content (AvgIpc) is 2.53. The standard InChI is InChI=1S/C21H21N.6ClH.Sb/c1-16-4-10-19(11-5-16)22(20-12-6-17(2)7-13-20)21-14-8-18(3)9-15-21;;;;;;;/h4-15H,1-3H3;6*1H;. The maximum Gasteiger partial charge on any atom is 0.0461 e. The van der Waals surface area contributed by atoms with Crippen molar-refractivity contribution in [1.29, 1.82) is 0 Å². The molecular formula is C21H27Cl6NSb. The molecule has 1 nitrogen and oxygen atoms in total. The van der Waals surface area contributed by atoms with Crippen LogP contribution in [0.2, 0.25) is 0 Å². The number of benzene rings is 3. The zero-order valence-corrected chi connectivity index (χ0v) is 23.7. The van der Waals surface area contributed by atoms with E-state index in [0.29, 0.717) is 0 Å². The molecule has 0 aromatic heterocycles. The van der Waals surface area contributed by atoms with Crippen molar-refractivity contribution in [3.8, 4) is 0 Å². The minimum Gasteiger partial charge on any atom is -0.311 e. The van der Waals surface area contributed by atoms with Gasteiger partial charge in [-0.3, -0.25) is 0 Å². The van der Waals surface area contributed by atoms with Gasteiger partial charge in [-0.05, 0) is 57.2 Å². The van der Waals surface area contributed by atoms with Gasteiger partial charge in [0.2, 0.25) is 0 Å². The molecule has 0 saturated carbocycles. The first-order valence-electron chi connectivity index (χ1n) is 7.63. The molecule has 3 rings (SSSR count). The van der Waals surface area contributed by atoms with Crippen molar-refractivity contribution in [3.63, 3.8) is 0 Å². The Morgan fingerprint density at radius 3 is 0.724 bits per heavy atom. The summed E-state index contributed by atoms with van der Waals surface area (Å²) in [6, 6.07) is 26.0. The molecule has 0 aliphatic rings. The quantitative estimate of drug-likeness (QED) is 0.265. The van der Waals surface area contributed by atoms with Crippen LogP contribution in [0.1, 0.15) is 16.7 Å². The van der Waals surface area contributed by atoms with Crippen molar-refractivity contribution in [2.24, 2.45) is 0 Å². The number of hydrogen-bond donors (Lipinski definition) is 0. The summed E-state index contributed by atoms with van der Waals surface area (Å²) >= 11 is 0. The van der Waals surface area contributed by atoms with Gasteiger partial charge in [0.05, 0.1) is 0 Å². The fourth-order valence-electron chi connectivity index (χ4n) is 2.53. The van der Waals surface area contributed by atoms with E-state index in [9.17, 15) is 0 Å². The number of aryl methyl sites for hydroxylation is 3. The maximum atomic E-state index is 2.29. The minimum atomic E-state index is 0. The monoisotopic (exact) mass is 624 g/mol. The van der Waals surface area contributed by atoms with Gasteiger partial charge in [0.1, 0.15) is 0 Å². The summed E-state index contributed by atoms with van der Waals surface area (Å²) in [4.78, 5) is 2.29. The predicted octanol–water partition coefficient (Wildman–Crippen LogP) is 8.23. The van der Waals surface area contributed by atoms with Crippen molar-refractivity contribution in [1.82, 2.24) is 0 Å². The second kappa shape index (κ2) is 18.8. The molecule has 163 valence electrons. The SMILES string of the molecule is Cc1ccc(N(c2ccc(C)cc2)c2ccc(C)cc2)cc1.Cl.Cl.Cl.Cl.Cl.Cl.[Sb]. The molecule has 3 aromatic rings. The van der Waals surface area contributed by atoms with E-state index in [1.807, 2.05) is 0 Å². The number of hydrogen-bond acceptors (Lipinski definition) is 1. The average molecular weight is 628 g/mol. The van der Waals surface area contributed by atoms with E-state index in [4.69, 9.17) is 0 Å². The Hall–Kier alpha value is 0.0182. The van der Waals surface area contributed by atoms with Crippen molar-refractivity contribution in [2.45, 2.75) is 20.8 Å². The van der Waals surface area contributed by atoms with E-state index < -0.39 is 0 Å². The first kappa shape index (κ1) is 39.5. The topological polar surface area (TPSA) is 3.24 Å². The zero-order chi connectivity index (χ0) is 15.5. The molecule has 0 N–H and O–H groups in total. The molecular weight excluding hydrogens is 601 g/mol. The van der Waals surface area contributed by atoms with Gasteiger partial charge in [0.25, 0.3) is 0 Å². The Kier molecular flexibility index (Phi) is 25.5. The number of halogens is 6. The van der Waals surface area contributed by atoms with E-state index >= 15 is 0 Å². The first-order valence-corrected chi connectivity index (χ1v) is 7.63. The molecule has 0 aliphatic heterocycles. The van der Waals surface area contributed by atoms with Gasteiger partial charge < -0.3 is 4.90 Å². The molecule has 0 bridgehead atoms. The van der Waals surface area contributed by atoms with Crippen LogP contribution >= 0.6 is 74.4 Å². The maximum absolute atomic E-state index is 2.29. The van der Waals surface area contributed by atoms with Crippen LogP contribution < -0.4 is 4.90 Å². The van der Waals surface area contributed by atoms with E-state index in [-0.39, 0.29) is 98.9 Å². The molecule has 29 heavy (non-hydrogen) atoms. The Morgan fingerprint density at radius 2 is 0.552 bits per heavy atom. The van der Waals surface area contributed by atoms with Gasteiger partial charge in [-0.25, -0.2) is 0 Å². The van der Waals surface area contributed by atoms with Crippen LogP contribution in [0.15, 0.2) is 72.8 Å². The van der Waals surface area contributed by atoms with Crippen LogP contribution in [0.3, 0.4) is 0 Å². The third kappa shape index (κ3) is 10.7. The summed E-state index contributed by atoms with van der Waals surface area (Å²) in [6.45, 7) is 6.35. The third-order valence-corrected chi connectivity index (χ3v) is 3.88. The van der Waals surface area contributed by atoms with E-state index in [2.05, 4.69) is 98.5 Å². The molecule has 8 heteroatoms. The van der Waals surface area contributed by atoms with Crippen LogP contribution in [0.5, 0.6) is 0 Å². The summed E-state index contributed by atoms with van der Waals surface area (Å²) in [5, 5.41) is 0. The second-order valence-electron chi connectivity index (χ2n) is 5.84.